The molecule has 0 radical (unpaired) electrons. The largest absolute Gasteiger partial charge is 0.497 e. The van der Waals surface area contributed by atoms with Gasteiger partial charge in [-0.2, -0.15) is 0 Å². The van der Waals surface area contributed by atoms with Crippen molar-refractivity contribution in [1.82, 2.24) is 14.5 Å². The average Bonchev–Trinajstić information content (AvgIpc) is 3.07. The van der Waals surface area contributed by atoms with Crippen LogP contribution in [-0.2, 0) is 6.54 Å². The number of fused-ring (bicyclic) bond motifs is 1. The number of imidazole rings is 1. The minimum Gasteiger partial charge on any atom is -0.497 e. The molecule has 6 heteroatoms. The molecule has 0 amide bonds. The fourth-order valence-corrected chi connectivity index (χ4v) is 3.25. The first-order valence-corrected chi connectivity index (χ1v) is 7.64. The van der Waals surface area contributed by atoms with Crippen LogP contribution in [0.4, 0.5) is 0 Å². The zero-order valence-electron chi connectivity index (χ0n) is 11.3. The van der Waals surface area contributed by atoms with Crippen molar-refractivity contribution >= 4 is 34.6 Å². The molecule has 0 fully saturated rings. The number of H-pyrrole nitrogens is 1. The van der Waals surface area contributed by atoms with Crippen LogP contribution in [0.1, 0.15) is 17.8 Å². The number of nitrogens with one attached hydrogen (secondary N) is 1. The Balaban J connectivity index is 1.99. The van der Waals surface area contributed by atoms with E-state index in [1.54, 1.807) is 18.4 Å². The van der Waals surface area contributed by atoms with Crippen LogP contribution in [-0.4, -0.2) is 21.6 Å². The number of hydrogen-bond donors (Lipinski definition) is 1. The number of ether oxygens (including phenoxy) is 1. The second-order valence-electron chi connectivity index (χ2n) is 4.70. The standard InChI is InChI=1S/C14H15N3OS2/c1-9(13-15-5-6-20-13)8-17-12-4-3-10(18-2)7-11(12)16-14(17)19/h3-7,9H,8H2,1-2H3,(H,16,19). The minimum absolute atomic E-state index is 0.336. The molecule has 0 aliphatic heterocycles. The Morgan fingerprint density at radius 3 is 3.05 bits per heavy atom. The SMILES string of the molecule is COc1ccc2c(c1)[nH]c(=S)n2CC(C)c1nccs1. The highest BCUT2D eigenvalue weighted by atomic mass is 32.1. The summed E-state index contributed by atoms with van der Waals surface area (Å²) in [5.41, 5.74) is 2.10. The van der Waals surface area contributed by atoms with Crippen molar-refractivity contribution in [2.75, 3.05) is 7.11 Å². The van der Waals surface area contributed by atoms with E-state index in [0.717, 1.165) is 33.1 Å². The van der Waals surface area contributed by atoms with Crippen molar-refractivity contribution < 1.29 is 4.74 Å². The van der Waals surface area contributed by atoms with Gasteiger partial charge < -0.3 is 14.3 Å². The molecule has 104 valence electrons. The highest BCUT2D eigenvalue weighted by Gasteiger charge is 2.12. The van der Waals surface area contributed by atoms with E-state index < -0.39 is 0 Å². The van der Waals surface area contributed by atoms with Crippen molar-refractivity contribution in [3.05, 3.63) is 39.6 Å². The molecular formula is C14H15N3OS2. The third kappa shape index (κ3) is 2.36. The van der Waals surface area contributed by atoms with Gasteiger partial charge in [0.15, 0.2) is 4.77 Å². The first-order valence-electron chi connectivity index (χ1n) is 6.35. The van der Waals surface area contributed by atoms with Crippen molar-refractivity contribution in [3.8, 4) is 5.75 Å². The van der Waals surface area contributed by atoms with E-state index >= 15 is 0 Å². The first-order chi connectivity index (χ1) is 9.69. The molecule has 0 saturated carbocycles. The van der Waals surface area contributed by atoms with Gasteiger partial charge in [0.1, 0.15) is 5.75 Å². The summed E-state index contributed by atoms with van der Waals surface area (Å²) in [6.07, 6.45) is 1.84. The molecule has 1 atom stereocenters. The van der Waals surface area contributed by atoms with Gasteiger partial charge in [-0.25, -0.2) is 4.98 Å². The average molecular weight is 305 g/mol. The molecule has 1 unspecified atom stereocenters. The minimum atomic E-state index is 0.336. The van der Waals surface area contributed by atoms with Crippen LogP contribution in [0.2, 0.25) is 0 Å². The number of aromatic amines is 1. The van der Waals surface area contributed by atoms with E-state index in [4.69, 9.17) is 17.0 Å². The Morgan fingerprint density at radius 1 is 1.50 bits per heavy atom. The van der Waals surface area contributed by atoms with Crippen LogP contribution in [0.15, 0.2) is 29.8 Å². The predicted molar refractivity (Wildman–Crippen MR) is 84.2 cm³/mol. The Morgan fingerprint density at radius 2 is 2.35 bits per heavy atom. The van der Waals surface area contributed by atoms with Crippen molar-refractivity contribution in [2.24, 2.45) is 0 Å². The molecule has 0 saturated heterocycles. The van der Waals surface area contributed by atoms with Gasteiger partial charge in [-0.1, -0.05) is 6.92 Å². The molecule has 0 spiro atoms. The van der Waals surface area contributed by atoms with E-state index in [9.17, 15) is 0 Å². The zero-order chi connectivity index (χ0) is 14.1. The molecule has 0 aliphatic rings. The topological polar surface area (TPSA) is 42.8 Å². The molecule has 1 aromatic carbocycles. The number of rotatable bonds is 4. The molecule has 3 rings (SSSR count). The maximum Gasteiger partial charge on any atom is 0.178 e. The molecule has 4 nitrogen and oxygen atoms in total. The lowest BCUT2D eigenvalue weighted by atomic mass is 10.2. The molecular weight excluding hydrogens is 290 g/mol. The quantitative estimate of drug-likeness (QED) is 0.742. The monoisotopic (exact) mass is 305 g/mol. The maximum absolute atomic E-state index is 5.43. The van der Waals surface area contributed by atoms with Crippen molar-refractivity contribution in [2.45, 2.75) is 19.4 Å². The third-order valence-corrected chi connectivity index (χ3v) is 4.64. The third-order valence-electron chi connectivity index (χ3n) is 3.31. The number of benzene rings is 1. The van der Waals surface area contributed by atoms with Gasteiger partial charge in [-0.15, -0.1) is 11.3 Å². The van der Waals surface area contributed by atoms with Crippen LogP contribution in [0.5, 0.6) is 5.75 Å². The van der Waals surface area contributed by atoms with Gasteiger partial charge in [-0.3, -0.25) is 0 Å². The van der Waals surface area contributed by atoms with Gasteiger partial charge in [0.05, 0.1) is 23.2 Å². The number of aromatic nitrogens is 3. The van der Waals surface area contributed by atoms with Gasteiger partial charge in [0.25, 0.3) is 0 Å². The molecule has 2 aromatic heterocycles. The molecule has 1 N–H and O–H groups in total. The summed E-state index contributed by atoms with van der Waals surface area (Å²) in [5, 5.41) is 3.14. The summed E-state index contributed by atoms with van der Waals surface area (Å²) in [6.45, 7) is 2.99. The van der Waals surface area contributed by atoms with E-state index in [0.29, 0.717) is 5.92 Å². The van der Waals surface area contributed by atoms with E-state index in [1.165, 1.54) is 0 Å². The van der Waals surface area contributed by atoms with Crippen LogP contribution in [0.25, 0.3) is 11.0 Å². The summed E-state index contributed by atoms with van der Waals surface area (Å²) < 4.78 is 8.09. The number of thiazole rings is 1. The molecule has 0 aliphatic carbocycles. The molecule has 20 heavy (non-hydrogen) atoms. The Labute approximate surface area is 126 Å². The predicted octanol–water partition coefficient (Wildman–Crippen LogP) is 3.97. The number of methoxy groups -OCH3 is 1. The summed E-state index contributed by atoms with van der Waals surface area (Å²) in [4.78, 5) is 7.61. The van der Waals surface area contributed by atoms with E-state index in [1.807, 2.05) is 29.8 Å². The molecule has 0 bridgehead atoms. The molecule has 2 heterocycles. The summed E-state index contributed by atoms with van der Waals surface area (Å²) >= 11 is 7.11. The zero-order valence-corrected chi connectivity index (χ0v) is 12.9. The Kier molecular flexibility index (Phi) is 3.58. The second-order valence-corrected chi connectivity index (χ2v) is 6.01. The van der Waals surface area contributed by atoms with E-state index in [-0.39, 0.29) is 0 Å². The fraction of sp³-hybridized carbons (Fsp3) is 0.286. The van der Waals surface area contributed by atoms with Crippen molar-refractivity contribution in [3.63, 3.8) is 0 Å². The number of hydrogen-bond acceptors (Lipinski definition) is 4. The van der Waals surface area contributed by atoms with Crippen molar-refractivity contribution in [1.29, 1.82) is 0 Å². The first kappa shape index (κ1) is 13.3. The Bertz CT molecular complexity index is 773. The van der Waals surface area contributed by atoms with Crippen LogP contribution < -0.4 is 4.74 Å². The van der Waals surface area contributed by atoms with Gasteiger partial charge >= 0.3 is 0 Å². The highest BCUT2D eigenvalue weighted by molar-refractivity contribution is 7.71. The lowest BCUT2D eigenvalue weighted by Gasteiger charge is -2.10. The second kappa shape index (κ2) is 5.38. The van der Waals surface area contributed by atoms with Gasteiger partial charge in [-0.05, 0) is 24.4 Å². The summed E-state index contributed by atoms with van der Waals surface area (Å²) in [7, 11) is 1.66. The van der Waals surface area contributed by atoms with Crippen LogP contribution >= 0.6 is 23.6 Å². The maximum atomic E-state index is 5.43. The Hall–Kier alpha value is -1.66. The van der Waals surface area contributed by atoms with Crippen LogP contribution in [0.3, 0.4) is 0 Å². The van der Waals surface area contributed by atoms with Gasteiger partial charge in [0.2, 0.25) is 0 Å². The highest BCUT2D eigenvalue weighted by Crippen LogP contribution is 2.24. The summed E-state index contributed by atoms with van der Waals surface area (Å²) in [6, 6.07) is 5.96. The van der Waals surface area contributed by atoms with Crippen LogP contribution in [0, 0.1) is 4.77 Å². The lowest BCUT2D eigenvalue weighted by molar-refractivity contribution is 0.415. The smallest absolute Gasteiger partial charge is 0.178 e. The van der Waals surface area contributed by atoms with Gasteiger partial charge in [0, 0.05) is 30.1 Å². The fourth-order valence-electron chi connectivity index (χ4n) is 2.28. The number of nitrogens with zero attached hydrogens (tertiary/aromatic N) is 2. The molecule has 3 aromatic rings. The normalized spacial score (nSPS) is 12.7. The lowest BCUT2D eigenvalue weighted by Crippen LogP contribution is -2.06. The summed E-state index contributed by atoms with van der Waals surface area (Å²) in [5.74, 6) is 1.16. The van der Waals surface area contributed by atoms with E-state index in [2.05, 4.69) is 21.5 Å².